The predicted octanol–water partition coefficient (Wildman–Crippen LogP) is 20.0. The molecule has 1 aliphatic carbocycles. The summed E-state index contributed by atoms with van der Waals surface area (Å²) in [7, 11) is 0. The monoisotopic (exact) mass is 1120 g/mol. The number of anilines is 3. The van der Waals surface area contributed by atoms with Crippen LogP contribution < -0.4 is 4.90 Å². The predicted molar refractivity (Wildman–Crippen MR) is 348 cm³/mol. The number of benzene rings is 11. The van der Waals surface area contributed by atoms with Crippen molar-refractivity contribution in [1.29, 1.82) is 0 Å². The van der Waals surface area contributed by atoms with Crippen molar-refractivity contribution in [3.05, 3.63) is 296 Å². The zero-order valence-electron chi connectivity index (χ0n) is 46.1. The molecule has 9 heteroatoms. The minimum atomic E-state index is -0.284. The van der Waals surface area contributed by atoms with Gasteiger partial charge in [-0.2, -0.15) is 0 Å². The minimum Gasteiger partial charge on any atom is -0.455 e. The van der Waals surface area contributed by atoms with Gasteiger partial charge in [0.15, 0.2) is 29.1 Å². The first-order chi connectivity index (χ1) is 42.6. The third kappa shape index (κ3) is 8.19. The standard InChI is InChI=1S/C77H47N7OS/c1-4-23-47(24-5-1)72-79-75(81-76(80-72)52-31-21-32-53(46-52)84-63-42-17-14-37-59(63)66-61-39-16-19-44-65(61)85-69(66)60-38-15-18-43-64(60)84)51-30-20-29-50(45-51)54-40-22-41-62-67-55-33-10-11-34-56(55)68(57-35-12-13-36-58(57)71(67)86-70(54)62)77-82-73(48-25-6-2-7-26-48)78-74(83-77)49-27-8-3-9-28-49/h1-46,68H. The first kappa shape index (κ1) is 49.4. The number of thiophene rings is 1. The van der Waals surface area contributed by atoms with Gasteiger partial charge in [0.2, 0.25) is 0 Å². The van der Waals surface area contributed by atoms with Gasteiger partial charge in [-0.3, -0.25) is 0 Å². The Kier molecular flexibility index (Phi) is 11.6. The number of fused-ring (bicyclic) bond motifs is 14. The Hall–Kier alpha value is -11.3. The van der Waals surface area contributed by atoms with Crippen LogP contribution in [-0.2, 0) is 0 Å². The van der Waals surface area contributed by atoms with E-state index in [-0.39, 0.29) is 5.92 Å². The number of furan rings is 1. The van der Waals surface area contributed by atoms with Gasteiger partial charge in [0.1, 0.15) is 17.2 Å². The molecule has 17 rings (SSSR count). The van der Waals surface area contributed by atoms with Gasteiger partial charge < -0.3 is 9.32 Å². The molecule has 0 radical (unpaired) electrons. The fourth-order valence-corrected chi connectivity index (χ4v) is 14.1. The van der Waals surface area contributed by atoms with Crippen molar-refractivity contribution in [3.63, 3.8) is 0 Å². The second-order valence-electron chi connectivity index (χ2n) is 21.6. The summed E-state index contributed by atoms with van der Waals surface area (Å²) < 4.78 is 7.93. The molecule has 0 amide bonds. The summed E-state index contributed by atoms with van der Waals surface area (Å²) >= 11 is 1.84. The van der Waals surface area contributed by atoms with Crippen molar-refractivity contribution in [2.75, 3.05) is 4.90 Å². The molecule has 1 aliphatic heterocycles. The number of para-hydroxylation sites is 3. The summed E-state index contributed by atoms with van der Waals surface area (Å²) in [6, 6.07) is 97.5. The van der Waals surface area contributed by atoms with Gasteiger partial charge >= 0.3 is 0 Å². The summed E-state index contributed by atoms with van der Waals surface area (Å²) in [4.78, 5) is 35.2. The highest BCUT2D eigenvalue weighted by Crippen LogP contribution is 2.56. The Morgan fingerprint density at radius 2 is 0.779 bits per heavy atom. The quantitative estimate of drug-likeness (QED) is 0.149. The van der Waals surface area contributed by atoms with E-state index >= 15 is 0 Å². The molecule has 0 spiro atoms. The highest BCUT2D eigenvalue weighted by Gasteiger charge is 2.35. The second kappa shape index (κ2) is 20.3. The topological polar surface area (TPSA) is 93.7 Å². The molecule has 8 nitrogen and oxygen atoms in total. The molecule has 0 fully saturated rings. The minimum absolute atomic E-state index is 0.284. The highest BCUT2D eigenvalue weighted by atomic mass is 32.1. The van der Waals surface area contributed by atoms with E-state index in [0.717, 1.165) is 112 Å². The van der Waals surface area contributed by atoms with Crippen LogP contribution in [0.2, 0.25) is 0 Å². The van der Waals surface area contributed by atoms with Crippen LogP contribution in [0.1, 0.15) is 22.9 Å². The average molecular weight is 1120 g/mol. The maximum Gasteiger partial charge on any atom is 0.164 e. The van der Waals surface area contributed by atoms with Gasteiger partial charge in [-0.25, -0.2) is 29.9 Å². The lowest BCUT2D eigenvalue weighted by atomic mass is 9.86. The third-order valence-electron chi connectivity index (χ3n) is 16.6. The SMILES string of the molecule is c1ccc(-c2nc(-c3cccc(-c4cccc5c6c(sc45)-c4ccccc4C(c4nc(-c5ccccc5)nc(-c5ccccc5)n4)c4ccccc4-6)c3)nc(-c3cccc(N4c5ccccc5-c5oc6ccccc6c5-c5ccccc54)c3)n2)cc1. The van der Waals surface area contributed by atoms with E-state index in [4.69, 9.17) is 34.3 Å². The number of hydrogen-bond acceptors (Lipinski definition) is 9. The molecule has 0 bridgehead atoms. The van der Waals surface area contributed by atoms with E-state index in [0.29, 0.717) is 34.9 Å². The highest BCUT2D eigenvalue weighted by molar-refractivity contribution is 7.23. The molecule has 4 aromatic heterocycles. The zero-order valence-corrected chi connectivity index (χ0v) is 46.9. The van der Waals surface area contributed by atoms with E-state index in [1.807, 2.05) is 78.1 Å². The fraction of sp³-hybridized carbons (Fsp3) is 0.0130. The number of aromatic nitrogens is 6. The van der Waals surface area contributed by atoms with Gasteiger partial charge in [-0.05, 0) is 75.8 Å². The largest absolute Gasteiger partial charge is 0.455 e. The fourth-order valence-electron chi connectivity index (χ4n) is 12.7. The van der Waals surface area contributed by atoms with Crippen LogP contribution >= 0.6 is 11.3 Å². The summed E-state index contributed by atoms with van der Waals surface area (Å²) in [5.41, 5.74) is 19.6. The molecular weight excluding hydrogens is 1070 g/mol. The van der Waals surface area contributed by atoms with Crippen LogP contribution in [0.4, 0.5) is 17.1 Å². The van der Waals surface area contributed by atoms with E-state index in [1.54, 1.807) is 0 Å². The van der Waals surface area contributed by atoms with Crippen LogP contribution in [0.5, 0.6) is 0 Å². The summed E-state index contributed by atoms with van der Waals surface area (Å²) in [5, 5.41) is 2.26. The number of nitrogens with zero attached hydrogens (tertiary/aromatic N) is 7. The van der Waals surface area contributed by atoms with Crippen molar-refractivity contribution in [1.82, 2.24) is 29.9 Å². The first-order valence-electron chi connectivity index (χ1n) is 28.8. The molecule has 5 heterocycles. The van der Waals surface area contributed by atoms with Crippen LogP contribution in [-0.4, -0.2) is 29.9 Å². The Bertz CT molecular complexity index is 5100. The molecule has 0 saturated heterocycles. The van der Waals surface area contributed by atoms with Crippen LogP contribution in [0.15, 0.2) is 283 Å². The molecule has 0 saturated carbocycles. The maximum absolute atomic E-state index is 6.74. The van der Waals surface area contributed by atoms with Crippen LogP contribution in [0.25, 0.3) is 133 Å². The van der Waals surface area contributed by atoms with E-state index in [1.165, 1.54) is 20.5 Å². The van der Waals surface area contributed by atoms with Crippen molar-refractivity contribution in [2.45, 2.75) is 5.92 Å². The molecule has 11 aromatic carbocycles. The van der Waals surface area contributed by atoms with E-state index < -0.39 is 0 Å². The van der Waals surface area contributed by atoms with Crippen LogP contribution in [0, 0.1) is 0 Å². The van der Waals surface area contributed by atoms with Crippen molar-refractivity contribution in [2.24, 2.45) is 0 Å². The first-order valence-corrected chi connectivity index (χ1v) is 29.6. The number of rotatable bonds is 8. The van der Waals surface area contributed by atoms with Gasteiger partial charge in [0, 0.05) is 76.1 Å². The lowest BCUT2D eigenvalue weighted by Crippen LogP contribution is -2.12. The van der Waals surface area contributed by atoms with Crippen LogP contribution in [0.3, 0.4) is 0 Å². The van der Waals surface area contributed by atoms with Gasteiger partial charge in [-0.1, -0.05) is 237 Å². The summed E-state index contributed by atoms with van der Waals surface area (Å²) in [5.74, 6) is 4.30. The van der Waals surface area contributed by atoms with Crippen molar-refractivity contribution < 1.29 is 4.42 Å². The molecule has 1 unspecified atom stereocenters. The number of hydrogen-bond donors (Lipinski definition) is 0. The molecule has 402 valence electrons. The normalized spacial score (nSPS) is 13.0. The second-order valence-corrected chi connectivity index (χ2v) is 22.7. The Labute approximate surface area is 499 Å². The molecule has 86 heavy (non-hydrogen) atoms. The zero-order chi connectivity index (χ0) is 56.7. The van der Waals surface area contributed by atoms with Crippen molar-refractivity contribution >= 4 is 49.5 Å². The molecular formula is C77H47N7OS. The molecule has 1 atom stereocenters. The maximum atomic E-state index is 6.74. The smallest absolute Gasteiger partial charge is 0.164 e. The summed E-state index contributed by atoms with van der Waals surface area (Å²) in [6.45, 7) is 0. The lowest BCUT2D eigenvalue weighted by Gasteiger charge is -2.27. The van der Waals surface area contributed by atoms with E-state index in [9.17, 15) is 0 Å². The van der Waals surface area contributed by atoms with Gasteiger partial charge in [0.05, 0.1) is 17.3 Å². The Morgan fingerprint density at radius 1 is 0.326 bits per heavy atom. The molecule has 0 N–H and O–H groups in total. The van der Waals surface area contributed by atoms with Gasteiger partial charge in [0.25, 0.3) is 0 Å². The third-order valence-corrected chi connectivity index (χ3v) is 17.9. The molecule has 2 aliphatic rings. The Morgan fingerprint density at radius 3 is 1.45 bits per heavy atom. The molecule has 15 aromatic rings. The van der Waals surface area contributed by atoms with Gasteiger partial charge in [-0.15, -0.1) is 11.3 Å². The average Bonchev–Trinajstić information content (AvgIpc) is 1.84. The van der Waals surface area contributed by atoms with E-state index in [2.05, 4.69) is 217 Å². The lowest BCUT2D eigenvalue weighted by molar-refractivity contribution is 0.633. The summed E-state index contributed by atoms with van der Waals surface area (Å²) in [6.07, 6.45) is 0. The van der Waals surface area contributed by atoms with Crippen molar-refractivity contribution in [3.8, 4) is 112 Å². The Balaban J connectivity index is 0.788.